The molecule has 0 aromatic heterocycles. The molecule has 0 saturated heterocycles. The summed E-state index contributed by atoms with van der Waals surface area (Å²) in [5, 5.41) is 0.375. The molecule has 0 radical (unpaired) electrons. The molecular weight excluding hydrogens is 300 g/mol. The fourth-order valence-electron chi connectivity index (χ4n) is 2.34. The lowest BCUT2D eigenvalue weighted by Crippen LogP contribution is -2.47. The number of nitrogens with two attached hydrogens (primary N) is 1. The zero-order valence-corrected chi connectivity index (χ0v) is 13.1. The van der Waals surface area contributed by atoms with Crippen LogP contribution in [0.25, 0.3) is 0 Å². The van der Waals surface area contributed by atoms with Gasteiger partial charge in [0.15, 0.2) is 0 Å². The number of rotatable bonds is 5. The summed E-state index contributed by atoms with van der Waals surface area (Å²) in [6.07, 6.45) is 1.53. The van der Waals surface area contributed by atoms with Gasteiger partial charge in [-0.25, -0.2) is 13.1 Å². The van der Waals surface area contributed by atoms with Crippen LogP contribution in [0.5, 0.6) is 0 Å². The van der Waals surface area contributed by atoms with Crippen molar-refractivity contribution in [3.8, 4) is 0 Å². The summed E-state index contributed by atoms with van der Waals surface area (Å²) >= 11 is 5.97. The summed E-state index contributed by atoms with van der Waals surface area (Å²) < 4.78 is 32.7. The maximum atomic E-state index is 12.4. The zero-order valence-electron chi connectivity index (χ0n) is 11.5. The summed E-state index contributed by atoms with van der Waals surface area (Å²) in [7, 11) is -1.95. The Labute approximate surface area is 124 Å². The van der Waals surface area contributed by atoms with E-state index in [4.69, 9.17) is 22.1 Å². The standard InChI is InChI=1S/C13H19ClN2O3S/c1-8-9(7-15)3-10(14)4-13(8)20(17,18)16-11-5-12(6-11)19-2/h3-4,11-12,16H,5-7,15H2,1-2H3. The van der Waals surface area contributed by atoms with Crippen molar-refractivity contribution in [2.45, 2.75) is 43.4 Å². The van der Waals surface area contributed by atoms with E-state index in [1.54, 1.807) is 20.1 Å². The SMILES string of the molecule is COC1CC(NS(=O)(=O)c2cc(Cl)cc(CN)c2C)C1. The Morgan fingerprint density at radius 3 is 2.65 bits per heavy atom. The highest BCUT2D eigenvalue weighted by molar-refractivity contribution is 7.89. The average molecular weight is 319 g/mol. The number of halogens is 1. The molecule has 1 aliphatic rings. The molecule has 5 nitrogen and oxygen atoms in total. The highest BCUT2D eigenvalue weighted by Crippen LogP contribution is 2.28. The first-order valence-electron chi connectivity index (χ1n) is 6.41. The van der Waals surface area contributed by atoms with Crippen molar-refractivity contribution in [3.63, 3.8) is 0 Å². The van der Waals surface area contributed by atoms with E-state index < -0.39 is 10.0 Å². The van der Waals surface area contributed by atoms with Crippen molar-refractivity contribution < 1.29 is 13.2 Å². The summed E-state index contributed by atoms with van der Waals surface area (Å²) in [6, 6.07) is 3.08. The van der Waals surface area contributed by atoms with Crippen molar-refractivity contribution >= 4 is 21.6 Å². The van der Waals surface area contributed by atoms with Crippen LogP contribution in [-0.2, 0) is 21.3 Å². The van der Waals surface area contributed by atoms with E-state index in [0.29, 0.717) is 23.4 Å². The minimum atomic E-state index is -3.58. The molecule has 0 heterocycles. The van der Waals surface area contributed by atoms with Crippen LogP contribution >= 0.6 is 11.6 Å². The van der Waals surface area contributed by atoms with Crippen molar-refractivity contribution in [1.29, 1.82) is 0 Å². The monoisotopic (exact) mass is 318 g/mol. The molecule has 112 valence electrons. The van der Waals surface area contributed by atoms with Crippen LogP contribution in [0.2, 0.25) is 5.02 Å². The van der Waals surface area contributed by atoms with E-state index in [-0.39, 0.29) is 23.6 Å². The Morgan fingerprint density at radius 1 is 1.45 bits per heavy atom. The van der Waals surface area contributed by atoms with Gasteiger partial charge in [-0.2, -0.15) is 0 Å². The molecule has 1 aromatic carbocycles. The van der Waals surface area contributed by atoms with Crippen molar-refractivity contribution in [1.82, 2.24) is 4.72 Å². The molecule has 0 amide bonds. The van der Waals surface area contributed by atoms with Crippen LogP contribution in [-0.4, -0.2) is 27.7 Å². The van der Waals surface area contributed by atoms with Crippen LogP contribution in [0.3, 0.4) is 0 Å². The van der Waals surface area contributed by atoms with E-state index in [1.165, 1.54) is 6.07 Å². The van der Waals surface area contributed by atoms with Crippen LogP contribution < -0.4 is 10.5 Å². The van der Waals surface area contributed by atoms with E-state index in [0.717, 1.165) is 5.56 Å². The number of methoxy groups -OCH3 is 1. The quantitative estimate of drug-likeness (QED) is 0.863. The predicted molar refractivity (Wildman–Crippen MR) is 78.2 cm³/mol. The second-order valence-electron chi connectivity index (χ2n) is 5.04. The third-order valence-corrected chi connectivity index (χ3v) is 5.56. The predicted octanol–water partition coefficient (Wildman–Crippen LogP) is 1.56. The second kappa shape index (κ2) is 5.99. The lowest BCUT2D eigenvalue weighted by atomic mass is 9.90. The van der Waals surface area contributed by atoms with Gasteiger partial charge in [0, 0.05) is 24.7 Å². The highest BCUT2D eigenvalue weighted by Gasteiger charge is 2.33. The molecule has 1 fully saturated rings. The molecular formula is C13H19ClN2O3S. The number of hydrogen-bond donors (Lipinski definition) is 2. The minimum absolute atomic E-state index is 0.0790. The van der Waals surface area contributed by atoms with Gasteiger partial charge < -0.3 is 10.5 Å². The highest BCUT2D eigenvalue weighted by atomic mass is 35.5. The van der Waals surface area contributed by atoms with Crippen LogP contribution in [0.4, 0.5) is 0 Å². The summed E-state index contributed by atoms with van der Waals surface area (Å²) in [5.41, 5.74) is 7.00. The molecule has 0 aliphatic heterocycles. The zero-order chi connectivity index (χ0) is 14.9. The average Bonchev–Trinajstić information content (AvgIpc) is 2.35. The van der Waals surface area contributed by atoms with Crippen molar-refractivity contribution in [2.75, 3.05) is 7.11 Å². The first-order valence-corrected chi connectivity index (χ1v) is 8.27. The molecule has 3 N–H and O–H groups in total. The largest absolute Gasteiger partial charge is 0.381 e. The third kappa shape index (κ3) is 3.15. The Balaban J connectivity index is 2.24. The van der Waals surface area contributed by atoms with Gasteiger partial charge in [-0.05, 0) is 43.0 Å². The summed E-state index contributed by atoms with van der Waals surface area (Å²) in [4.78, 5) is 0.200. The molecule has 2 rings (SSSR count). The molecule has 1 saturated carbocycles. The Bertz CT molecular complexity index is 598. The van der Waals surface area contributed by atoms with Gasteiger partial charge in [-0.1, -0.05) is 11.6 Å². The molecule has 1 aromatic rings. The summed E-state index contributed by atoms with van der Waals surface area (Å²) in [5.74, 6) is 0. The Hall–Kier alpha value is -0.660. The topological polar surface area (TPSA) is 81.4 Å². The maximum Gasteiger partial charge on any atom is 0.241 e. The van der Waals surface area contributed by atoms with Gasteiger partial charge >= 0.3 is 0 Å². The van der Waals surface area contributed by atoms with E-state index in [2.05, 4.69) is 4.72 Å². The van der Waals surface area contributed by atoms with E-state index in [9.17, 15) is 8.42 Å². The Morgan fingerprint density at radius 2 is 2.10 bits per heavy atom. The molecule has 7 heteroatoms. The van der Waals surface area contributed by atoms with Crippen LogP contribution in [0.1, 0.15) is 24.0 Å². The first-order chi connectivity index (χ1) is 9.37. The maximum absolute atomic E-state index is 12.4. The van der Waals surface area contributed by atoms with Gasteiger partial charge in [0.1, 0.15) is 0 Å². The first kappa shape index (κ1) is 15.7. The van der Waals surface area contributed by atoms with Gasteiger partial charge in [0.2, 0.25) is 10.0 Å². The normalized spacial score (nSPS) is 22.6. The molecule has 20 heavy (non-hydrogen) atoms. The lowest BCUT2D eigenvalue weighted by molar-refractivity contribution is 0.0236. The fraction of sp³-hybridized carbons (Fsp3) is 0.538. The van der Waals surface area contributed by atoms with E-state index >= 15 is 0 Å². The van der Waals surface area contributed by atoms with Gasteiger partial charge in [-0.3, -0.25) is 0 Å². The molecule has 0 unspecified atom stereocenters. The number of nitrogens with one attached hydrogen (secondary N) is 1. The Kier molecular flexibility index (Phi) is 4.71. The number of hydrogen-bond acceptors (Lipinski definition) is 4. The molecule has 0 bridgehead atoms. The molecule has 0 atom stereocenters. The third-order valence-electron chi connectivity index (χ3n) is 3.69. The summed E-state index contributed by atoms with van der Waals surface area (Å²) in [6.45, 7) is 2.00. The van der Waals surface area contributed by atoms with Gasteiger partial charge in [-0.15, -0.1) is 0 Å². The van der Waals surface area contributed by atoms with Crippen molar-refractivity contribution in [3.05, 3.63) is 28.3 Å². The number of ether oxygens (including phenoxy) is 1. The van der Waals surface area contributed by atoms with Gasteiger partial charge in [0.05, 0.1) is 11.0 Å². The number of benzene rings is 1. The molecule has 0 spiro atoms. The van der Waals surface area contributed by atoms with Gasteiger partial charge in [0.25, 0.3) is 0 Å². The van der Waals surface area contributed by atoms with Crippen molar-refractivity contribution in [2.24, 2.45) is 5.73 Å². The lowest BCUT2D eigenvalue weighted by Gasteiger charge is -2.34. The van der Waals surface area contributed by atoms with Crippen LogP contribution in [0.15, 0.2) is 17.0 Å². The minimum Gasteiger partial charge on any atom is -0.381 e. The fourth-order valence-corrected chi connectivity index (χ4v) is 4.22. The van der Waals surface area contributed by atoms with E-state index in [1.807, 2.05) is 0 Å². The molecule has 1 aliphatic carbocycles. The number of sulfonamides is 1. The van der Waals surface area contributed by atoms with Crippen LogP contribution in [0, 0.1) is 6.92 Å². The second-order valence-corrected chi connectivity index (χ2v) is 7.16. The smallest absolute Gasteiger partial charge is 0.241 e.